The molecule has 4 rings (SSSR count). The normalized spacial score (nSPS) is 26.5. The summed E-state index contributed by atoms with van der Waals surface area (Å²) < 4.78 is 5.38. The van der Waals surface area contributed by atoms with Crippen molar-refractivity contribution >= 4 is 29.4 Å². The van der Waals surface area contributed by atoms with Gasteiger partial charge in [-0.3, -0.25) is 14.4 Å². The molecular formula is C23H31N5O5. The van der Waals surface area contributed by atoms with Gasteiger partial charge in [0.05, 0.1) is 19.1 Å². The summed E-state index contributed by atoms with van der Waals surface area (Å²) in [6.45, 7) is 3.41. The Labute approximate surface area is 193 Å². The van der Waals surface area contributed by atoms with Gasteiger partial charge in [0.15, 0.2) is 0 Å². The summed E-state index contributed by atoms with van der Waals surface area (Å²) in [5.74, 6) is -1.93. The van der Waals surface area contributed by atoms with Crippen LogP contribution in [0.5, 0.6) is 0 Å². The number of anilines is 1. The molecule has 3 aliphatic heterocycles. The molecule has 2 fully saturated rings. The van der Waals surface area contributed by atoms with Crippen LogP contribution in [0.4, 0.5) is 10.5 Å². The van der Waals surface area contributed by atoms with E-state index >= 15 is 0 Å². The van der Waals surface area contributed by atoms with Crippen molar-refractivity contribution in [1.82, 2.24) is 20.0 Å². The number of para-hydroxylation sites is 1. The van der Waals surface area contributed by atoms with Crippen LogP contribution in [0.2, 0.25) is 0 Å². The molecule has 178 valence electrons. The molecule has 3 atom stereocenters. The van der Waals surface area contributed by atoms with E-state index in [4.69, 9.17) is 4.74 Å². The van der Waals surface area contributed by atoms with E-state index in [-0.39, 0.29) is 36.8 Å². The molecule has 0 unspecified atom stereocenters. The van der Waals surface area contributed by atoms with Gasteiger partial charge in [0.1, 0.15) is 12.1 Å². The van der Waals surface area contributed by atoms with Crippen LogP contribution < -0.4 is 10.2 Å². The molecule has 2 saturated heterocycles. The largest absolute Gasteiger partial charge is 0.378 e. The van der Waals surface area contributed by atoms with Crippen LogP contribution in [-0.4, -0.2) is 105 Å². The highest BCUT2D eigenvalue weighted by molar-refractivity contribution is 6.09. The van der Waals surface area contributed by atoms with Gasteiger partial charge < -0.3 is 29.7 Å². The first-order valence-electron chi connectivity index (χ1n) is 11.2. The number of carbonyl (C=O) groups is 4. The minimum Gasteiger partial charge on any atom is -0.378 e. The van der Waals surface area contributed by atoms with Crippen LogP contribution in [-0.2, 0) is 19.1 Å². The lowest BCUT2D eigenvalue weighted by atomic mass is 9.71. The van der Waals surface area contributed by atoms with E-state index in [1.807, 2.05) is 18.2 Å². The Morgan fingerprint density at radius 3 is 2.48 bits per heavy atom. The van der Waals surface area contributed by atoms with Gasteiger partial charge >= 0.3 is 6.03 Å². The van der Waals surface area contributed by atoms with E-state index in [2.05, 4.69) is 5.32 Å². The zero-order valence-electron chi connectivity index (χ0n) is 19.5. The summed E-state index contributed by atoms with van der Waals surface area (Å²) in [5, 5.41) is 2.70. The summed E-state index contributed by atoms with van der Waals surface area (Å²) in [6, 6.07) is 7.06. The molecule has 5 amide bonds. The molecule has 0 aromatic heterocycles. The average molecular weight is 458 g/mol. The standard InChI is InChI=1S/C23H31N5O5/c1-23-19(15-7-5-6-8-17(15)27(21(23)31)14-18(29)25(3)4)16(20(30)24-2)13-28(23)22(32)26-9-11-33-12-10-26/h5-8,16,19H,9-14H2,1-4H3,(H,24,30)/t16-,19+,23-/m0/s1. The molecule has 0 saturated carbocycles. The summed E-state index contributed by atoms with van der Waals surface area (Å²) in [6.07, 6.45) is 0. The van der Waals surface area contributed by atoms with Crippen molar-refractivity contribution < 1.29 is 23.9 Å². The fraction of sp³-hybridized carbons (Fsp3) is 0.565. The number of likely N-dealkylation sites (tertiary alicyclic amines) is 1. The SMILES string of the molecule is CNC(=O)[C@H]1CN(C(=O)N2CCOCC2)[C@]2(C)C(=O)N(CC(=O)N(C)C)c3ccccc3[C@H]12. The lowest BCUT2D eigenvalue weighted by molar-refractivity contribution is -0.133. The van der Waals surface area contributed by atoms with Gasteiger partial charge in [0.2, 0.25) is 11.8 Å². The minimum atomic E-state index is -1.31. The Bertz CT molecular complexity index is 976. The first kappa shape index (κ1) is 23.0. The smallest absolute Gasteiger partial charge is 0.321 e. The van der Waals surface area contributed by atoms with E-state index in [0.29, 0.717) is 32.0 Å². The van der Waals surface area contributed by atoms with Crippen molar-refractivity contribution in [2.24, 2.45) is 5.92 Å². The van der Waals surface area contributed by atoms with Crippen molar-refractivity contribution in [1.29, 1.82) is 0 Å². The molecule has 10 heteroatoms. The fourth-order valence-corrected chi connectivity index (χ4v) is 5.25. The number of carbonyl (C=O) groups excluding carboxylic acids is 4. The van der Waals surface area contributed by atoms with E-state index in [1.54, 1.807) is 39.0 Å². The predicted octanol–water partition coefficient (Wildman–Crippen LogP) is 0.0937. The minimum absolute atomic E-state index is 0.118. The van der Waals surface area contributed by atoms with Gasteiger partial charge in [0.25, 0.3) is 5.91 Å². The summed E-state index contributed by atoms with van der Waals surface area (Å²) in [4.78, 5) is 59.4. The Hall–Kier alpha value is -3.14. The highest BCUT2D eigenvalue weighted by atomic mass is 16.5. The average Bonchev–Trinajstić information content (AvgIpc) is 3.15. The van der Waals surface area contributed by atoms with Crippen molar-refractivity contribution in [2.75, 3.05) is 65.4 Å². The number of hydrogen-bond donors (Lipinski definition) is 1. The summed E-state index contributed by atoms with van der Waals surface area (Å²) in [7, 11) is 4.84. The topological polar surface area (TPSA) is 103 Å². The maximum atomic E-state index is 14.1. The number of ether oxygens (including phenoxy) is 1. The van der Waals surface area contributed by atoms with Crippen LogP contribution in [0.3, 0.4) is 0 Å². The first-order chi connectivity index (χ1) is 15.7. The van der Waals surface area contributed by atoms with Crippen LogP contribution in [0.15, 0.2) is 24.3 Å². The van der Waals surface area contributed by atoms with Gasteiger partial charge in [-0.1, -0.05) is 18.2 Å². The molecule has 1 aromatic carbocycles. The van der Waals surface area contributed by atoms with Gasteiger partial charge in [-0.15, -0.1) is 0 Å². The Kier molecular flexibility index (Phi) is 6.04. The number of amides is 5. The van der Waals surface area contributed by atoms with Gasteiger partial charge in [0, 0.05) is 52.4 Å². The molecule has 0 aliphatic carbocycles. The van der Waals surface area contributed by atoms with Gasteiger partial charge in [-0.25, -0.2) is 4.79 Å². The summed E-state index contributed by atoms with van der Waals surface area (Å²) >= 11 is 0. The second-order valence-electron chi connectivity index (χ2n) is 9.08. The Balaban J connectivity index is 1.83. The van der Waals surface area contributed by atoms with Crippen LogP contribution in [0, 0.1) is 5.92 Å². The summed E-state index contributed by atoms with van der Waals surface area (Å²) in [5.41, 5.74) is 0.0832. The first-order valence-corrected chi connectivity index (χ1v) is 11.2. The number of hydrogen-bond acceptors (Lipinski definition) is 5. The van der Waals surface area contributed by atoms with Crippen molar-refractivity contribution in [3.05, 3.63) is 29.8 Å². The molecule has 1 N–H and O–H groups in total. The number of nitrogens with one attached hydrogen (secondary N) is 1. The molecule has 3 heterocycles. The molecular weight excluding hydrogens is 426 g/mol. The second kappa shape index (κ2) is 8.66. The monoisotopic (exact) mass is 457 g/mol. The van der Waals surface area contributed by atoms with Crippen molar-refractivity contribution in [2.45, 2.75) is 18.4 Å². The lowest BCUT2D eigenvalue weighted by Gasteiger charge is -2.47. The van der Waals surface area contributed by atoms with E-state index in [1.165, 1.54) is 14.7 Å². The molecule has 0 bridgehead atoms. The molecule has 33 heavy (non-hydrogen) atoms. The lowest BCUT2D eigenvalue weighted by Crippen LogP contribution is -2.64. The molecule has 1 aromatic rings. The maximum Gasteiger partial charge on any atom is 0.321 e. The highest BCUT2D eigenvalue weighted by Gasteiger charge is 2.64. The number of urea groups is 1. The number of nitrogens with zero attached hydrogens (tertiary/aromatic N) is 4. The Morgan fingerprint density at radius 2 is 1.85 bits per heavy atom. The number of rotatable bonds is 3. The van der Waals surface area contributed by atoms with E-state index < -0.39 is 17.4 Å². The second-order valence-corrected chi connectivity index (χ2v) is 9.08. The van der Waals surface area contributed by atoms with E-state index in [0.717, 1.165) is 5.56 Å². The van der Waals surface area contributed by atoms with E-state index in [9.17, 15) is 19.2 Å². The third kappa shape index (κ3) is 3.62. The third-order valence-corrected chi connectivity index (χ3v) is 7.08. The zero-order chi connectivity index (χ0) is 23.9. The fourth-order valence-electron chi connectivity index (χ4n) is 5.25. The van der Waals surface area contributed by atoms with Crippen LogP contribution in [0.1, 0.15) is 18.4 Å². The highest BCUT2D eigenvalue weighted by Crippen LogP contribution is 2.53. The van der Waals surface area contributed by atoms with Gasteiger partial charge in [-0.2, -0.15) is 0 Å². The molecule has 0 radical (unpaired) electrons. The third-order valence-electron chi connectivity index (χ3n) is 7.08. The van der Waals surface area contributed by atoms with Crippen molar-refractivity contribution in [3.63, 3.8) is 0 Å². The molecule has 3 aliphatic rings. The Morgan fingerprint density at radius 1 is 1.18 bits per heavy atom. The zero-order valence-corrected chi connectivity index (χ0v) is 19.5. The number of likely N-dealkylation sites (N-methyl/N-ethyl adjacent to an activating group) is 1. The van der Waals surface area contributed by atoms with Gasteiger partial charge in [-0.05, 0) is 18.6 Å². The predicted molar refractivity (Wildman–Crippen MR) is 121 cm³/mol. The quantitative estimate of drug-likeness (QED) is 0.693. The number of benzene rings is 1. The van der Waals surface area contributed by atoms with Crippen molar-refractivity contribution in [3.8, 4) is 0 Å². The molecule has 0 spiro atoms. The number of fused-ring (bicyclic) bond motifs is 3. The number of morpholine rings is 1. The maximum absolute atomic E-state index is 14.1. The van der Waals surface area contributed by atoms with Crippen LogP contribution >= 0.6 is 0 Å². The molecule has 10 nitrogen and oxygen atoms in total. The van der Waals surface area contributed by atoms with Crippen LogP contribution in [0.25, 0.3) is 0 Å².